The number of hydrogen-bond donors (Lipinski definition) is 0. The van der Waals surface area contributed by atoms with Crippen molar-refractivity contribution >= 4 is 6.08 Å². The number of nitrogens with zero attached hydrogens (tertiary/aromatic N) is 1. The molecule has 53 valence electrons. The Balaban J connectivity index is 2.40. The molecule has 0 aromatic carbocycles. The topological polar surface area (TPSA) is 26.0 Å². The zero-order valence-corrected chi connectivity index (χ0v) is 5.79. The highest BCUT2D eigenvalue weighted by molar-refractivity contribution is 5.36. The van der Waals surface area contributed by atoms with E-state index in [1.807, 2.05) is 12.2 Å². The average molecular weight is 136 g/mol. The van der Waals surface area contributed by atoms with E-state index in [2.05, 4.69) is 11.9 Å². The van der Waals surface area contributed by atoms with Gasteiger partial charge in [-0.25, -0.2) is 4.98 Å². The average Bonchev–Trinajstić information content (AvgIpc) is 2.41. The van der Waals surface area contributed by atoms with E-state index in [-0.39, 0.29) is 0 Å². The highest BCUT2D eigenvalue weighted by Gasteiger charge is 1.85. The Bertz CT molecular complexity index is 189. The zero-order chi connectivity index (χ0) is 7.23. The third-order valence-corrected chi connectivity index (χ3v) is 1.08. The van der Waals surface area contributed by atoms with E-state index >= 15 is 0 Å². The lowest BCUT2D eigenvalue weighted by Crippen LogP contribution is -1.67. The molecule has 0 saturated carbocycles. The third kappa shape index (κ3) is 2.05. The molecule has 0 aliphatic rings. The van der Waals surface area contributed by atoms with Gasteiger partial charge >= 0.3 is 0 Å². The van der Waals surface area contributed by atoms with Gasteiger partial charge < -0.3 is 4.42 Å². The van der Waals surface area contributed by atoms with Crippen LogP contribution in [0.4, 0.5) is 0 Å². The molecule has 0 spiro atoms. The number of unbranched alkanes of at least 4 members (excludes halogenated alkanes) is 1. The van der Waals surface area contributed by atoms with Gasteiger partial charge in [-0.15, -0.1) is 0 Å². The van der Waals surface area contributed by atoms with Crippen LogP contribution in [0.3, 0.4) is 0 Å². The van der Waals surface area contributed by atoms with Crippen LogP contribution >= 0.6 is 0 Å². The van der Waals surface area contributed by atoms with Crippen LogP contribution in [0, 0.1) is 6.92 Å². The fourth-order valence-electron chi connectivity index (χ4n) is 0.619. The van der Waals surface area contributed by atoms with Gasteiger partial charge in [-0.2, -0.15) is 0 Å². The Morgan fingerprint density at radius 3 is 3.20 bits per heavy atom. The Labute approximate surface area is 60.6 Å². The summed E-state index contributed by atoms with van der Waals surface area (Å²) < 4.78 is 4.96. The first-order valence-corrected chi connectivity index (χ1v) is 3.29. The second-order valence-corrected chi connectivity index (χ2v) is 1.91. The lowest BCUT2D eigenvalue weighted by Gasteiger charge is -1.81. The van der Waals surface area contributed by atoms with Crippen molar-refractivity contribution in [1.29, 1.82) is 0 Å². The summed E-state index contributed by atoms with van der Waals surface area (Å²) in [5, 5.41) is 0. The van der Waals surface area contributed by atoms with Crippen molar-refractivity contribution < 1.29 is 4.42 Å². The van der Waals surface area contributed by atoms with E-state index in [0.29, 0.717) is 5.89 Å². The molecule has 0 saturated heterocycles. The molecule has 1 heterocycles. The van der Waals surface area contributed by atoms with E-state index in [4.69, 9.17) is 4.42 Å². The minimum Gasteiger partial charge on any atom is -0.445 e. The lowest BCUT2D eigenvalue weighted by molar-refractivity contribution is 0.546. The van der Waals surface area contributed by atoms with E-state index in [0.717, 1.165) is 12.8 Å². The van der Waals surface area contributed by atoms with Crippen LogP contribution in [0.25, 0.3) is 6.08 Å². The maximum Gasteiger partial charge on any atom is 0.218 e. The normalized spacial score (nSPS) is 10.9. The van der Waals surface area contributed by atoms with Crippen LogP contribution in [-0.2, 0) is 0 Å². The Hall–Kier alpha value is -1.05. The fraction of sp³-hybridized carbons (Fsp3) is 0.250. The van der Waals surface area contributed by atoms with Gasteiger partial charge in [0.15, 0.2) is 0 Å². The van der Waals surface area contributed by atoms with Crippen LogP contribution in [-0.4, -0.2) is 4.98 Å². The minimum atomic E-state index is 0.661. The lowest BCUT2D eigenvalue weighted by atomic mass is 10.3. The summed E-state index contributed by atoms with van der Waals surface area (Å²) in [6, 6.07) is 0. The van der Waals surface area contributed by atoms with Crippen molar-refractivity contribution in [3.8, 4) is 0 Å². The quantitative estimate of drug-likeness (QED) is 0.637. The summed E-state index contributed by atoms with van der Waals surface area (Å²) >= 11 is 0. The molecule has 0 amide bonds. The van der Waals surface area contributed by atoms with E-state index in [9.17, 15) is 0 Å². The maximum atomic E-state index is 4.96. The number of allylic oxidation sites excluding steroid dienone is 1. The number of oxazole rings is 1. The summed E-state index contributed by atoms with van der Waals surface area (Å²) in [6.07, 6.45) is 8.93. The van der Waals surface area contributed by atoms with Crippen LogP contribution in [0.15, 0.2) is 23.0 Å². The highest BCUT2D eigenvalue weighted by Crippen LogP contribution is 1.98. The van der Waals surface area contributed by atoms with Gasteiger partial charge in [0.1, 0.15) is 6.26 Å². The smallest absolute Gasteiger partial charge is 0.218 e. The molecule has 2 heteroatoms. The molecule has 0 atom stereocenters. The van der Waals surface area contributed by atoms with Gasteiger partial charge in [0.25, 0.3) is 0 Å². The standard InChI is InChI=1S/C8H10NO/c1-2-3-4-5-8-9-6-7-10-8/h4-7H,1-3H2/b5-4+. The SMILES string of the molecule is [CH2]CC/C=C/c1ncco1. The van der Waals surface area contributed by atoms with Crippen molar-refractivity contribution in [2.75, 3.05) is 0 Å². The molecule has 0 fully saturated rings. The van der Waals surface area contributed by atoms with Crippen molar-refractivity contribution in [3.63, 3.8) is 0 Å². The van der Waals surface area contributed by atoms with Gasteiger partial charge in [0, 0.05) is 0 Å². The van der Waals surface area contributed by atoms with Gasteiger partial charge in [0.05, 0.1) is 6.20 Å². The van der Waals surface area contributed by atoms with Crippen LogP contribution in [0.2, 0.25) is 0 Å². The van der Waals surface area contributed by atoms with E-state index in [1.54, 1.807) is 12.5 Å². The van der Waals surface area contributed by atoms with Gasteiger partial charge in [-0.3, -0.25) is 0 Å². The summed E-state index contributed by atoms with van der Waals surface area (Å²) in [7, 11) is 0. The first-order chi connectivity index (χ1) is 4.93. The number of hydrogen-bond acceptors (Lipinski definition) is 2. The molecule has 1 aromatic rings. The molecule has 2 nitrogen and oxygen atoms in total. The summed E-state index contributed by atoms with van der Waals surface area (Å²) in [6.45, 7) is 3.70. The Morgan fingerprint density at radius 1 is 1.70 bits per heavy atom. The molecule has 1 radical (unpaired) electrons. The van der Waals surface area contributed by atoms with Gasteiger partial charge in [-0.05, 0) is 18.9 Å². The third-order valence-electron chi connectivity index (χ3n) is 1.08. The number of rotatable bonds is 3. The molecule has 0 N–H and O–H groups in total. The first-order valence-electron chi connectivity index (χ1n) is 3.29. The highest BCUT2D eigenvalue weighted by atomic mass is 16.3. The summed E-state index contributed by atoms with van der Waals surface area (Å²) in [4.78, 5) is 3.91. The monoisotopic (exact) mass is 136 g/mol. The summed E-state index contributed by atoms with van der Waals surface area (Å²) in [5.41, 5.74) is 0. The molecule has 0 aliphatic carbocycles. The van der Waals surface area contributed by atoms with Crippen LogP contribution in [0.1, 0.15) is 18.7 Å². The van der Waals surface area contributed by atoms with Crippen molar-refractivity contribution in [3.05, 3.63) is 31.4 Å². The van der Waals surface area contributed by atoms with Gasteiger partial charge in [0.2, 0.25) is 5.89 Å². The Kier molecular flexibility index (Phi) is 2.74. The van der Waals surface area contributed by atoms with Crippen LogP contribution in [0.5, 0.6) is 0 Å². The zero-order valence-electron chi connectivity index (χ0n) is 5.79. The van der Waals surface area contributed by atoms with Crippen molar-refractivity contribution in [2.45, 2.75) is 12.8 Å². The Morgan fingerprint density at radius 2 is 2.60 bits per heavy atom. The van der Waals surface area contributed by atoms with Crippen LogP contribution < -0.4 is 0 Å². The summed E-state index contributed by atoms with van der Waals surface area (Å²) in [5.74, 6) is 0.661. The predicted molar refractivity (Wildman–Crippen MR) is 40.1 cm³/mol. The van der Waals surface area contributed by atoms with E-state index in [1.165, 1.54) is 0 Å². The van der Waals surface area contributed by atoms with Crippen molar-refractivity contribution in [2.24, 2.45) is 0 Å². The molecule has 0 unspecified atom stereocenters. The molecule has 1 aromatic heterocycles. The molecular weight excluding hydrogens is 126 g/mol. The second-order valence-electron chi connectivity index (χ2n) is 1.91. The molecule has 10 heavy (non-hydrogen) atoms. The predicted octanol–water partition coefficient (Wildman–Crippen LogP) is 2.30. The number of aromatic nitrogens is 1. The minimum absolute atomic E-state index is 0.661. The maximum absolute atomic E-state index is 4.96. The molecule has 1 rings (SSSR count). The second kappa shape index (κ2) is 3.88. The van der Waals surface area contributed by atoms with Crippen molar-refractivity contribution in [1.82, 2.24) is 4.98 Å². The molecular formula is C8H10NO. The molecule has 0 bridgehead atoms. The van der Waals surface area contributed by atoms with Gasteiger partial charge in [-0.1, -0.05) is 13.0 Å². The van der Waals surface area contributed by atoms with E-state index < -0.39 is 0 Å². The largest absolute Gasteiger partial charge is 0.445 e. The molecule has 0 aliphatic heterocycles. The first kappa shape index (κ1) is 7.06. The fourth-order valence-corrected chi connectivity index (χ4v) is 0.619.